The molecule has 2 aromatic carbocycles. The Morgan fingerprint density at radius 3 is 2.79 bits per heavy atom. The zero-order valence-electron chi connectivity index (χ0n) is 15.5. The van der Waals surface area contributed by atoms with Gasteiger partial charge in [0.1, 0.15) is 5.02 Å². The highest BCUT2D eigenvalue weighted by atomic mass is 35.5. The predicted octanol–water partition coefficient (Wildman–Crippen LogP) is 4.78. The summed E-state index contributed by atoms with van der Waals surface area (Å²) >= 11 is 6.48. The molecule has 0 aliphatic carbocycles. The third-order valence-electron chi connectivity index (χ3n) is 4.75. The average molecular weight is 405 g/mol. The molecule has 5 rings (SSSR count). The van der Waals surface area contributed by atoms with E-state index in [1.54, 1.807) is 18.6 Å². The number of rotatable bonds is 5. The number of fused-ring (bicyclic) bond motifs is 2. The summed E-state index contributed by atoms with van der Waals surface area (Å²) in [6.45, 7) is 2.73. The number of hydrogen-bond acceptors (Lipinski definition) is 6. The molecule has 0 bridgehead atoms. The summed E-state index contributed by atoms with van der Waals surface area (Å²) < 4.78 is 0. The van der Waals surface area contributed by atoms with Crippen molar-refractivity contribution in [2.75, 3.05) is 16.8 Å². The van der Waals surface area contributed by atoms with Gasteiger partial charge in [-0.2, -0.15) is 15.2 Å². The zero-order chi connectivity index (χ0) is 19.8. The molecule has 0 atom stereocenters. The number of nitrogens with zero attached hydrogens (tertiary/aromatic N) is 5. The van der Waals surface area contributed by atoms with Crippen molar-refractivity contribution in [2.45, 2.75) is 6.92 Å². The van der Waals surface area contributed by atoms with E-state index in [2.05, 4.69) is 42.6 Å². The molecule has 144 valence electrons. The minimum absolute atomic E-state index is 0.459. The molecular formula is C20H17ClN8. The highest BCUT2D eigenvalue weighted by Gasteiger charge is 2.17. The SMILES string of the molecule is CCN(c1nc(Nc2ccc3cn[nH]c3c2)ncc1Cl)c1cccc2[nH]ncc12. The first-order valence-corrected chi connectivity index (χ1v) is 9.53. The Morgan fingerprint density at radius 1 is 1.03 bits per heavy atom. The van der Waals surface area contributed by atoms with Crippen LogP contribution in [0.4, 0.5) is 23.1 Å². The number of nitrogens with one attached hydrogen (secondary N) is 3. The van der Waals surface area contributed by atoms with E-state index in [-0.39, 0.29) is 0 Å². The number of aromatic nitrogens is 6. The highest BCUT2D eigenvalue weighted by Crippen LogP contribution is 2.34. The molecular weight excluding hydrogens is 388 g/mol. The van der Waals surface area contributed by atoms with Gasteiger partial charge in [0.05, 0.1) is 35.3 Å². The van der Waals surface area contributed by atoms with E-state index < -0.39 is 0 Å². The van der Waals surface area contributed by atoms with Crippen LogP contribution in [0.25, 0.3) is 21.8 Å². The second kappa shape index (κ2) is 7.06. The maximum Gasteiger partial charge on any atom is 0.229 e. The van der Waals surface area contributed by atoms with Crippen LogP contribution in [0.3, 0.4) is 0 Å². The minimum Gasteiger partial charge on any atom is -0.325 e. The van der Waals surface area contributed by atoms with Crippen LogP contribution in [0.5, 0.6) is 0 Å². The average Bonchev–Trinajstić information content (AvgIpc) is 3.40. The van der Waals surface area contributed by atoms with Crippen molar-refractivity contribution in [1.82, 2.24) is 30.4 Å². The number of aromatic amines is 2. The fourth-order valence-electron chi connectivity index (χ4n) is 3.37. The number of H-pyrrole nitrogens is 2. The van der Waals surface area contributed by atoms with E-state index in [0.29, 0.717) is 23.3 Å². The van der Waals surface area contributed by atoms with Crippen molar-refractivity contribution in [3.63, 3.8) is 0 Å². The smallest absolute Gasteiger partial charge is 0.229 e. The minimum atomic E-state index is 0.459. The van der Waals surface area contributed by atoms with E-state index in [9.17, 15) is 0 Å². The Balaban J connectivity index is 1.53. The molecule has 0 saturated heterocycles. The Labute approximate surface area is 170 Å². The van der Waals surface area contributed by atoms with Gasteiger partial charge in [-0.25, -0.2) is 4.98 Å². The lowest BCUT2D eigenvalue weighted by molar-refractivity contribution is 0.983. The van der Waals surface area contributed by atoms with Gasteiger partial charge in [-0.05, 0) is 37.3 Å². The second-order valence-electron chi connectivity index (χ2n) is 6.51. The fourth-order valence-corrected chi connectivity index (χ4v) is 3.57. The lowest BCUT2D eigenvalue weighted by Gasteiger charge is -2.24. The van der Waals surface area contributed by atoms with Gasteiger partial charge in [-0.3, -0.25) is 10.2 Å². The van der Waals surface area contributed by atoms with Crippen LogP contribution in [0.15, 0.2) is 55.0 Å². The monoisotopic (exact) mass is 404 g/mol. The number of halogens is 1. The highest BCUT2D eigenvalue weighted by molar-refractivity contribution is 6.33. The summed E-state index contributed by atoms with van der Waals surface area (Å²) in [7, 11) is 0. The topological polar surface area (TPSA) is 98.4 Å². The molecule has 0 fully saturated rings. The molecule has 9 heteroatoms. The standard InChI is InChI=1S/C20H17ClN8/c1-2-29(18-5-3-4-16-14(18)10-24-27-16)19-15(21)11-22-20(26-19)25-13-7-6-12-9-23-28-17(12)8-13/h3-11H,2H2,1H3,(H,23,28)(H,24,27)(H,22,25,26). The van der Waals surface area contributed by atoms with Crippen LogP contribution in [0.1, 0.15) is 6.92 Å². The summed E-state index contributed by atoms with van der Waals surface area (Å²) in [5.74, 6) is 1.09. The van der Waals surface area contributed by atoms with Gasteiger partial charge in [0.2, 0.25) is 5.95 Å². The Bertz CT molecular complexity index is 1310. The quantitative estimate of drug-likeness (QED) is 0.389. The number of hydrogen-bond donors (Lipinski definition) is 3. The molecule has 0 saturated carbocycles. The van der Waals surface area contributed by atoms with E-state index in [1.807, 2.05) is 41.3 Å². The van der Waals surface area contributed by atoms with Crippen molar-refractivity contribution in [3.05, 3.63) is 60.0 Å². The Hall–Kier alpha value is -3.65. The first-order chi connectivity index (χ1) is 14.2. The third kappa shape index (κ3) is 3.13. The van der Waals surface area contributed by atoms with Crippen LogP contribution in [0.2, 0.25) is 5.02 Å². The van der Waals surface area contributed by atoms with Gasteiger partial charge in [-0.15, -0.1) is 0 Å². The van der Waals surface area contributed by atoms with E-state index in [0.717, 1.165) is 33.2 Å². The van der Waals surface area contributed by atoms with Crippen molar-refractivity contribution >= 4 is 56.5 Å². The van der Waals surface area contributed by atoms with Crippen LogP contribution in [-0.2, 0) is 0 Å². The van der Waals surface area contributed by atoms with Gasteiger partial charge in [0.15, 0.2) is 5.82 Å². The molecule has 0 aliphatic heterocycles. The van der Waals surface area contributed by atoms with E-state index in [4.69, 9.17) is 11.6 Å². The summed E-state index contributed by atoms with van der Waals surface area (Å²) in [6.07, 6.45) is 5.20. The lowest BCUT2D eigenvalue weighted by atomic mass is 10.2. The van der Waals surface area contributed by atoms with Gasteiger partial charge >= 0.3 is 0 Å². The molecule has 5 aromatic rings. The molecule has 0 amide bonds. The summed E-state index contributed by atoms with van der Waals surface area (Å²) in [5, 5.41) is 19.9. The summed E-state index contributed by atoms with van der Waals surface area (Å²) in [4.78, 5) is 11.1. The molecule has 0 aliphatic rings. The number of benzene rings is 2. The van der Waals surface area contributed by atoms with E-state index in [1.165, 1.54) is 0 Å². The molecule has 0 spiro atoms. The first-order valence-electron chi connectivity index (χ1n) is 9.15. The van der Waals surface area contributed by atoms with Crippen LogP contribution < -0.4 is 10.2 Å². The van der Waals surface area contributed by atoms with Gasteiger partial charge in [-0.1, -0.05) is 17.7 Å². The molecule has 3 N–H and O–H groups in total. The fraction of sp³-hybridized carbons (Fsp3) is 0.100. The maximum absolute atomic E-state index is 6.48. The van der Waals surface area contributed by atoms with Gasteiger partial charge in [0.25, 0.3) is 0 Å². The van der Waals surface area contributed by atoms with Crippen LogP contribution >= 0.6 is 11.6 Å². The maximum atomic E-state index is 6.48. The van der Waals surface area contributed by atoms with Crippen molar-refractivity contribution < 1.29 is 0 Å². The summed E-state index contributed by atoms with van der Waals surface area (Å²) in [5.41, 5.74) is 3.72. The molecule has 0 radical (unpaired) electrons. The molecule has 3 aromatic heterocycles. The van der Waals surface area contributed by atoms with Crippen molar-refractivity contribution in [3.8, 4) is 0 Å². The lowest BCUT2D eigenvalue weighted by Crippen LogP contribution is -2.19. The third-order valence-corrected chi connectivity index (χ3v) is 5.01. The Kier molecular flexibility index (Phi) is 4.25. The largest absolute Gasteiger partial charge is 0.325 e. The number of anilines is 4. The van der Waals surface area contributed by atoms with Crippen molar-refractivity contribution in [1.29, 1.82) is 0 Å². The molecule has 8 nitrogen and oxygen atoms in total. The van der Waals surface area contributed by atoms with E-state index >= 15 is 0 Å². The Morgan fingerprint density at radius 2 is 1.90 bits per heavy atom. The molecule has 29 heavy (non-hydrogen) atoms. The van der Waals surface area contributed by atoms with Gasteiger partial charge in [0, 0.05) is 23.0 Å². The van der Waals surface area contributed by atoms with Gasteiger partial charge < -0.3 is 10.2 Å². The second-order valence-corrected chi connectivity index (χ2v) is 6.92. The normalized spacial score (nSPS) is 11.2. The first kappa shape index (κ1) is 17.4. The van der Waals surface area contributed by atoms with Crippen LogP contribution in [-0.4, -0.2) is 36.9 Å². The molecule has 3 heterocycles. The van der Waals surface area contributed by atoms with Crippen LogP contribution in [0, 0.1) is 0 Å². The molecule has 0 unspecified atom stereocenters. The predicted molar refractivity (Wildman–Crippen MR) is 115 cm³/mol. The zero-order valence-corrected chi connectivity index (χ0v) is 16.3. The summed E-state index contributed by atoms with van der Waals surface area (Å²) in [6, 6.07) is 11.9. The van der Waals surface area contributed by atoms with Crippen molar-refractivity contribution in [2.24, 2.45) is 0 Å².